The normalized spacial score (nSPS) is 23.1. The zero-order chi connectivity index (χ0) is 14.0. The number of nitrogens with zero attached hydrogens (tertiary/aromatic N) is 1. The Morgan fingerprint density at radius 3 is 2.68 bits per heavy atom. The number of aromatic carboxylic acids is 1. The number of carbonyl (C=O) groups is 1. The van der Waals surface area contributed by atoms with Gasteiger partial charge in [-0.2, -0.15) is 0 Å². The maximum absolute atomic E-state index is 13.2. The number of anilines is 1. The Labute approximate surface area is 113 Å². The number of halogens is 1. The van der Waals surface area contributed by atoms with Gasteiger partial charge in [-0.25, -0.2) is 9.18 Å². The van der Waals surface area contributed by atoms with Gasteiger partial charge in [0.25, 0.3) is 0 Å². The zero-order valence-electron chi connectivity index (χ0n) is 11.4. The van der Waals surface area contributed by atoms with Gasteiger partial charge in [0.1, 0.15) is 5.82 Å². The van der Waals surface area contributed by atoms with E-state index in [2.05, 4.69) is 6.92 Å². The lowest BCUT2D eigenvalue weighted by molar-refractivity contribution is 0.0696. The summed E-state index contributed by atoms with van der Waals surface area (Å²) < 4.78 is 13.2. The molecule has 4 heteroatoms. The van der Waals surface area contributed by atoms with Gasteiger partial charge in [0, 0.05) is 13.1 Å². The molecule has 2 atom stereocenters. The SMILES string of the molecule is CC1CCCCC1N(C)c1ccc(F)cc1C(=O)O. The first kappa shape index (κ1) is 13.8. The van der Waals surface area contributed by atoms with Gasteiger partial charge in [0.05, 0.1) is 11.3 Å². The molecular formula is C15H20FNO2. The van der Waals surface area contributed by atoms with Crippen molar-refractivity contribution >= 4 is 11.7 Å². The molecule has 104 valence electrons. The lowest BCUT2D eigenvalue weighted by atomic mass is 9.84. The average Bonchev–Trinajstić information content (AvgIpc) is 2.38. The van der Waals surface area contributed by atoms with Crippen LogP contribution in [0.5, 0.6) is 0 Å². The van der Waals surface area contributed by atoms with E-state index < -0.39 is 11.8 Å². The topological polar surface area (TPSA) is 40.5 Å². The molecule has 0 saturated heterocycles. The van der Waals surface area contributed by atoms with Crippen molar-refractivity contribution in [2.24, 2.45) is 5.92 Å². The van der Waals surface area contributed by atoms with Crippen molar-refractivity contribution in [2.75, 3.05) is 11.9 Å². The molecule has 0 aromatic heterocycles. The summed E-state index contributed by atoms with van der Waals surface area (Å²) in [5.41, 5.74) is 0.646. The second-order valence-electron chi connectivity index (χ2n) is 5.41. The molecule has 1 saturated carbocycles. The molecule has 1 aromatic carbocycles. The van der Waals surface area contributed by atoms with Gasteiger partial charge >= 0.3 is 5.97 Å². The van der Waals surface area contributed by atoms with Crippen LogP contribution in [0.1, 0.15) is 43.0 Å². The number of rotatable bonds is 3. The molecule has 19 heavy (non-hydrogen) atoms. The molecule has 1 aromatic rings. The van der Waals surface area contributed by atoms with Crippen LogP contribution in [0, 0.1) is 11.7 Å². The molecule has 0 radical (unpaired) electrons. The third-order valence-electron chi connectivity index (χ3n) is 4.13. The highest BCUT2D eigenvalue weighted by Gasteiger charge is 2.27. The van der Waals surface area contributed by atoms with E-state index in [9.17, 15) is 14.3 Å². The molecule has 1 fully saturated rings. The Morgan fingerprint density at radius 2 is 2.05 bits per heavy atom. The summed E-state index contributed by atoms with van der Waals surface area (Å²) in [7, 11) is 1.91. The Hall–Kier alpha value is -1.58. The van der Waals surface area contributed by atoms with E-state index in [0.29, 0.717) is 17.6 Å². The largest absolute Gasteiger partial charge is 0.478 e. The first-order valence-electron chi connectivity index (χ1n) is 6.76. The quantitative estimate of drug-likeness (QED) is 0.908. The smallest absolute Gasteiger partial charge is 0.337 e. The standard InChI is InChI=1S/C15H20FNO2/c1-10-5-3-4-6-13(10)17(2)14-8-7-11(16)9-12(14)15(18)19/h7-10,13H,3-6H2,1-2H3,(H,18,19). The van der Waals surface area contributed by atoms with Crippen LogP contribution in [0.25, 0.3) is 0 Å². The third-order valence-corrected chi connectivity index (χ3v) is 4.13. The fraction of sp³-hybridized carbons (Fsp3) is 0.533. The number of carboxylic acids is 1. The highest BCUT2D eigenvalue weighted by Crippen LogP contribution is 2.32. The molecule has 1 aliphatic rings. The predicted molar refractivity (Wildman–Crippen MR) is 73.2 cm³/mol. The molecule has 0 amide bonds. The van der Waals surface area contributed by atoms with Crippen LogP contribution < -0.4 is 4.90 Å². The Bertz CT molecular complexity index is 475. The Kier molecular flexibility index (Phi) is 4.08. The summed E-state index contributed by atoms with van der Waals surface area (Å²) in [6, 6.07) is 4.32. The lowest BCUT2D eigenvalue weighted by Gasteiger charge is -2.38. The molecule has 2 rings (SSSR count). The first-order chi connectivity index (χ1) is 9.00. The van der Waals surface area contributed by atoms with E-state index in [1.807, 2.05) is 11.9 Å². The van der Waals surface area contributed by atoms with Gasteiger partial charge in [0.15, 0.2) is 0 Å². The van der Waals surface area contributed by atoms with Gasteiger partial charge < -0.3 is 10.0 Å². The van der Waals surface area contributed by atoms with Gasteiger partial charge in [-0.1, -0.05) is 19.8 Å². The molecule has 1 N–H and O–H groups in total. The molecule has 1 aliphatic carbocycles. The minimum absolute atomic E-state index is 0.0419. The first-order valence-corrected chi connectivity index (χ1v) is 6.76. The molecule has 0 aliphatic heterocycles. The zero-order valence-corrected chi connectivity index (χ0v) is 11.4. The minimum atomic E-state index is -1.08. The number of hydrogen-bond acceptors (Lipinski definition) is 2. The average molecular weight is 265 g/mol. The summed E-state index contributed by atoms with van der Waals surface area (Å²) in [4.78, 5) is 13.3. The molecule has 0 bridgehead atoms. The van der Waals surface area contributed by atoms with Crippen molar-refractivity contribution < 1.29 is 14.3 Å². The minimum Gasteiger partial charge on any atom is -0.478 e. The maximum atomic E-state index is 13.2. The van der Waals surface area contributed by atoms with Crippen LogP contribution in [0.4, 0.5) is 10.1 Å². The molecule has 3 nitrogen and oxygen atoms in total. The van der Waals surface area contributed by atoms with E-state index in [0.717, 1.165) is 12.5 Å². The molecule has 0 spiro atoms. The fourth-order valence-corrected chi connectivity index (χ4v) is 3.04. The number of hydrogen-bond donors (Lipinski definition) is 1. The van der Waals surface area contributed by atoms with Gasteiger partial charge in [0.2, 0.25) is 0 Å². The summed E-state index contributed by atoms with van der Waals surface area (Å²) in [6.45, 7) is 2.20. The van der Waals surface area contributed by atoms with Crippen LogP contribution in [-0.4, -0.2) is 24.2 Å². The highest BCUT2D eigenvalue weighted by atomic mass is 19.1. The monoisotopic (exact) mass is 265 g/mol. The molecule has 0 heterocycles. The Morgan fingerprint density at radius 1 is 1.37 bits per heavy atom. The van der Waals surface area contributed by atoms with Crippen molar-refractivity contribution in [3.05, 3.63) is 29.6 Å². The van der Waals surface area contributed by atoms with Crippen LogP contribution in [-0.2, 0) is 0 Å². The van der Waals surface area contributed by atoms with Crippen molar-refractivity contribution in [3.63, 3.8) is 0 Å². The summed E-state index contributed by atoms with van der Waals surface area (Å²) >= 11 is 0. The van der Waals surface area contributed by atoms with Crippen molar-refractivity contribution in [1.29, 1.82) is 0 Å². The third kappa shape index (κ3) is 2.88. The van der Waals surface area contributed by atoms with Crippen LogP contribution >= 0.6 is 0 Å². The highest BCUT2D eigenvalue weighted by molar-refractivity contribution is 5.94. The van der Waals surface area contributed by atoms with Crippen molar-refractivity contribution in [3.8, 4) is 0 Å². The molecular weight excluding hydrogens is 245 g/mol. The van der Waals surface area contributed by atoms with Crippen LogP contribution in [0.3, 0.4) is 0 Å². The fourth-order valence-electron chi connectivity index (χ4n) is 3.04. The second-order valence-corrected chi connectivity index (χ2v) is 5.41. The number of carboxylic acid groups (broad SMARTS) is 1. The van der Waals surface area contributed by atoms with Crippen molar-refractivity contribution in [2.45, 2.75) is 38.6 Å². The second kappa shape index (κ2) is 5.59. The predicted octanol–water partition coefficient (Wildman–Crippen LogP) is 3.54. The number of benzene rings is 1. The Balaban J connectivity index is 2.32. The van der Waals surface area contributed by atoms with Gasteiger partial charge in [-0.3, -0.25) is 0 Å². The van der Waals surface area contributed by atoms with Gasteiger partial charge in [-0.05, 0) is 37.0 Å². The van der Waals surface area contributed by atoms with E-state index in [1.54, 1.807) is 6.07 Å². The van der Waals surface area contributed by atoms with Gasteiger partial charge in [-0.15, -0.1) is 0 Å². The lowest BCUT2D eigenvalue weighted by Crippen LogP contribution is -2.39. The van der Waals surface area contributed by atoms with E-state index in [-0.39, 0.29) is 5.56 Å². The van der Waals surface area contributed by atoms with Crippen LogP contribution in [0.15, 0.2) is 18.2 Å². The maximum Gasteiger partial charge on any atom is 0.337 e. The van der Waals surface area contributed by atoms with E-state index in [1.165, 1.54) is 25.3 Å². The van der Waals surface area contributed by atoms with Crippen LogP contribution in [0.2, 0.25) is 0 Å². The summed E-state index contributed by atoms with van der Waals surface area (Å²) in [5, 5.41) is 9.21. The summed E-state index contributed by atoms with van der Waals surface area (Å²) in [6.07, 6.45) is 4.64. The van der Waals surface area contributed by atoms with E-state index >= 15 is 0 Å². The van der Waals surface area contributed by atoms with E-state index in [4.69, 9.17) is 0 Å². The summed E-state index contributed by atoms with van der Waals surface area (Å²) in [5.74, 6) is -1.05. The molecule has 2 unspecified atom stereocenters. The van der Waals surface area contributed by atoms with Crippen molar-refractivity contribution in [1.82, 2.24) is 0 Å².